The van der Waals surface area contributed by atoms with Crippen molar-refractivity contribution in [3.63, 3.8) is 0 Å². The molecule has 0 aromatic carbocycles. The van der Waals surface area contributed by atoms with E-state index in [-0.39, 0.29) is 6.04 Å². The third-order valence-corrected chi connectivity index (χ3v) is 2.48. The van der Waals surface area contributed by atoms with Crippen molar-refractivity contribution in [1.82, 2.24) is 4.90 Å². The molecule has 62 valence electrons. The van der Waals surface area contributed by atoms with Crippen LogP contribution < -0.4 is 0 Å². The summed E-state index contributed by atoms with van der Waals surface area (Å²) in [7, 11) is 0. The summed E-state index contributed by atoms with van der Waals surface area (Å²) in [5, 5.41) is 0. The summed E-state index contributed by atoms with van der Waals surface area (Å²) in [6.07, 6.45) is 1.79. The second kappa shape index (κ2) is 2.91. The van der Waals surface area contributed by atoms with Crippen molar-refractivity contribution in [3.8, 4) is 0 Å². The highest BCUT2D eigenvalue weighted by molar-refractivity contribution is 5.84. The van der Waals surface area contributed by atoms with Crippen LogP contribution in [0.4, 0.5) is 0 Å². The van der Waals surface area contributed by atoms with Gasteiger partial charge in [-0.3, -0.25) is 9.69 Å². The number of hydrogen-bond acceptors (Lipinski definition) is 3. The monoisotopic (exact) mass is 155 g/mol. The minimum Gasteiger partial charge on any atom is -0.378 e. The van der Waals surface area contributed by atoms with Crippen LogP contribution in [0.3, 0.4) is 0 Å². The van der Waals surface area contributed by atoms with Crippen LogP contribution in [0.5, 0.6) is 0 Å². The average Bonchev–Trinajstić information content (AvgIpc) is 2.06. The van der Waals surface area contributed by atoms with Gasteiger partial charge < -0.3 is 4.74 Å². The van der Waals surface area contributed by atoms with E-state index in [1.54, 1.807) is 0 Å². The number of hydrogen-bond donors (Lipinski definition) is 0. The number of carbonyl (C=O) groups is 1. The molecule has 0 bridgehead atoms. The number of carbonyl (C=O) groups excluding carboxylic acids is 1. The smallest absolute Gasteiger partial charge is 0.152 e. The van der Waals surface area contributed by atoms with Gasteiger partial charge in [-0.2, -0.15) is 0 Å². The second-order valence-electron chi connectivity index (χ2n) is 3.20. The molecule has 0 radical (unpaired) electrons. The van der Waals surface area contributed by atoms with Crippen LogP contribution in [-0.2, 0) is 9.53 Å². The van der Waals surface area contributed by atoms with Crippen LogP contribution in [0, 0.1) is 0 Å². The molecule has 0 spiro atoms. The normalized spacial score (nSPS) is 33.5. The number of rotatable bonds is 0. The van der Waals surface area contributed by atoms with Gasteiger partial charge in [0.1, 0.15) is 0 Å². The Balaban J connectivity index is 2.05. The van der Waals surface area contributed by atoms with Gasteiger partial charge in [0.15, 0.2) is 5.78 Å². The standard InChI is InChI=1S/C8H13NO2/c10-8-2-1-3-9-4-5-11-6-7(8)9/h7H,1-6H2/t7-/m0/s1. The first kappa shape index (κ1) is 7.25. The van der Waals surface area contributed by atoms with E-state index in [1.165, 1.54) is 0 Å². The van der Waals surface area contributed by atoms with E-state index >= 15 is 0 Å². The zero-order valence-corrected chi connectivity index (χ0v) is 6.58. The minimum absolute atomic E-state index is 0.0949. The summed E-state index contributed by atoms with van der Waals surface area (Å²) in [5.74, 6) is 0.371. The van der Waals surface area contributed by atoms with Crippen molar-refractivity contribution >= 4 is 5.78 Å². The van der Waals surface area contributed by atoms with Crippen LogP contribution in [-0.4, -0.2) is 43.0 Å². The largest absolute Gasteiger partial charge is 0.378 e. The molecule has 0 saturated carbocycles. The third kappa shape index (κ3) is 1.30. The van der Waals surface area contributed by atoms with Crippen molar-refractivity contribution < 1.29 is 9.53 Å². The van der Waals surface area contributed by atoms with Gasteiger partial charge in [0, 0.05) is 13.0 Å². The third-order valence-electron chi connectivity index (χ3n) is 2.48. The van der Waals surface area contributed by atoms with Gasteiger partial charge in [0.05, 0.1) is 19.3 Å². The van der Waals surface area contributed by atoms with E-state index in [2.05, 4.69) is 4.90 Å². The second-order valence-corrected chi connectivity index (χ2v) is 3.20. The molecule has 0 amide bonds. The number of Topliss-reactive ketones (excluding diaryl/α,β-unsaturated/α-hetero) is 1. The van der Waals surface area contributed by atoms with Gasteiger partial charge in [0.2, 0.25) is 0 Å². The fourth-order valence-electron chi connectivity index (χ4n) is 1.83. The van der Waals surface area contributed by atoms with Crippen LogP contribution in [0.25, 0.3) is 0 Å². The summed E-state index contributed by atoms with van der Waals surface area (Å²) in [6, 6.07) is 0.0949. The van der Waals surface area contributed by atoms with E-state index in [1.807, 2.05) is 0 Å². The van der Waals surface area contributed by atoms with Gasteiger partial charge in [-0.25, -0.2) is 0 Å². The molecule has 2 aliphatic heterocycles. The van der Waals surface area contributed by atoms with Crippen molar-refractivity contribution in [3.05, 3.63) is 0 Å². The quantitative estimate of drug-likeness (QED) is 0.495. The lowest BCUT2D eigenvalue weighted by Gasteiger charge is -2.37. The van der Waals surface area contributed by atoms with Crippen molar-refractivity contribution in [2.75, 3.05) is 26.3 Å². The Kier molecular flexibility index (Phi) is 1.92. The molecular formula is C8H13NO2. The Labute approximate surface area is 66.3 Å². The maximum atomic E-state index is 11.3. The number of nitrogens with zero attached hydrogens (tertiary/aromatic N) is 1. The average molecular weight is 155 g/mol. The van der Waals surface area contributed by atoms with Crippen molar-refractivity contribution in [2.24, 2.45) is 0 Å². The Bertz CT molecular complexity index is 167. The number of ether oxygens (including phenoxy) is 1. The van der Waals surface area contributed by atoms with Crippen molar-refractivity contribution in [1.29, 1.82) is 0 Å². The fourth-order valence-corrected chi connectivity index (χ4v) is 1.83. The molecule has 0 aliphatic carbocycles. The summed E-state index contributed by atoms with van der Waals surface area (Å²) >= 11 is 0. The van der Waals surface area contributed by atoms with Gasteiger partial charge in [-0.1, -0.05) is 0 Å². The molecule has 11 heavy (non-hydrogen) atoms. The van der Waals surface area contributed by atoms with E-state index < -0.39 is 0 Å². The molecule has 2 saturated heterocycles. The van der Waals surface area contributed by atoms with Crippen LogP contribution in [0.15, 0.2) is 0 Å². The van der Waals surface area contributed by atoms with E-state index in [4.69, 9.17) is 4.74 Å². The fraction of sp³-hybridized carbons (Fsp3) is 0.875. The molecule has 2 heterocycles. The molecule has 2 aliphatic rings. The molecule has 0 aromatic rings. The maximum Gasteiger partial charge on any atom is 0.152 e. The SMILES string of the molecule is O=C1CCCN2CCOC[C@@H]12. The van der Waals surface area contributed by atoms with Gasteiger partial charge in [-0.05, 0) is 13.0 Å². The lowest BCUT2D eigenvalue weighted by Crippen LogP contribution is -2.52. The predicted molar refractivity (Wildman–Crippen MR) is 40.4 cm³/mol. The number of morpholine rings is 1. The minimum atomic E-state index is 0.0949. The first-order valence-electron chi connectivity index (χ1n) is 4.22. The summed E-state index contributed by atoms with van der Waals surface area (Å²) in [5.41, 5.74) is 0. The van der Waals surface area contributed by atoms with Gasteiger partial charge in [-0.15, -0.1) is 0 Å². The molecule has 1 atom stereocenters. The summed E-state index contributed by atoms with van der Waals surface area (Å²) in [4.78, 5) is 13.6. The molecule has 3 heteroatoms. The Hall–Kier alpha value is -0.410. The molecule has 0 unspecified atom stereocenters. The maximum absolute atomic E-state index is 11.3. The van der Waals surface area contributed by atoms with Gasteiger partial charge in [0.25, 0.3) is 0 Å². The van der Waals surface area contributed by atoms with Gasteiger partial charge >= 0.3 is 0 Å². The van der Waals surface area contributed by atoms with Crippen LogP contribution in [0.1, 0.15) is 12.8 Å². The predicted octanol–water partition coefficient (Wildman–Crippen LogP) is 0.0501. The van der Waals surface area contributed by atoms with E-state index in [0.29, 0.717) is 12.4 Å². The number of ketones is 1. The molecule has 0 N–H and O–H groups in total. The molecule has 0 aromatic heterocycles. The Morgan fingerprint density at radius 1 is 1.45 bits per heavy atom. The molecular weight excluding hydrogens is 142 g/mol. The van der Waals surface area contributed by atoms with E-state index in [9.17, 15) is 4.79 Å². The first-order chi connectivity index (χ1) is 5.38. The zero-order valence-electron chi connectivity index (χ0n) is 6.58. The summed E-state index contributed by atoms with van der Waals surface area (Å²) in [6.45, 7) is 3.44. The molecule has 2 rings (SSSR count). The summed E-state index contributed by atoms with van der Waals surface area (Å²) < 4.78 is 5.25. The highest BCUT2D eigenvalue weighted by Crippen LogP contribution is 2.16. The highest BCUT2D eigenvalue weighted by atomic mass is 16.5. The first-order valence-corrected chi connectivity index (χ1v) is 4.22. The van der Waals surface area contributed by atoms with Crippen LogP contribution in [0.2, 0.25) is 0 Å². The van der Waals surface area contributed by atoms with Crippen LogP contribution >= 0.6 is 0 Å². The molecule has 2 fully saturated rings. The number of piperidine rings is 1. The highest BCUT2D eigenvalue weighted by Gasteiger charge is 2.31. The lowest BCUT2D eigenvalue weighted by molar-refractivity contribution is -0.133. The topological polar surface area (TPSA) is 29.5 Å². The molecule has 3 nitrogen and oxygen atoms in total. The Morgan fingerprint density at radius 2 is 2.36 bits per heavy atom. The zero-order chi connectivity index (χ0) is 7.68. The Morgan fingerprint density at radius 3 is 3.18 bits per heavy atom. The lowest BCUT2D eigenvalue weighted by atomic mass is 10.0. The van der Waals surface area contributed by atoms with Crippen molar-refractivity contribution in [2.45, 2.75) is 18.9 Å². The van der Waals surface area contributed by atoms with E-state index in [0.717, 1.165) is 32.5 Å². The number of fused-ring (bicyclic) bond motifs is 1.